The zero-order valence-corrected chi connectivity index (χ0v) is 18.1. The molecule has 0 radical (unpaired) electrons. The number of nitrogens with zero attached hydrogens (tertiary/aromatic N) is 1. The van der Waals surface area contributed by atoms with E-state index in [1.54, 1.807) is 18.3 Å². The monoisotopic (exact) mass is 447 g/mol. The van der Waals surface area contributed by atoms with Crippen LogP contribution in [0.15, 0.2) is 89.5 Å². The van der Waals surface area contributed by atoms with Gasteiger partial charge in [0.05, 0.1) is 11.1 Å². The molecule has 0 atom stereocenters. The Hall–Kier alpha value is -3.60. The zero-order valence-electron chi connectivity index (χ0n) is 20.1. The van der Waals surface area contributed by atoms with Crippen LogP contribution in [0.1, 0.15) is 22.2 Å². The van der Waals surface area contributed by atoms with Gasteiger partial charge in [-0.25, -0.2) is 0 Å². The normalized spacial score (nSPS) is 13.8. The maximum absolute atomic E-state index is 13.5. The van der Waals surface area contributed by atoms with E-state index in [1.165, 1.54) is 12.1 Å². The molecule has 2 heterocycles. The van der Waals surface area contributed by atoms with E-state index in [0.29, 0.717) is 5.69 Å². The average Bonchev–Trinajstić information content (AvgIpc) is 3.22. The van der Waals surface area contributed by atoms with Crippen LogP contribution in [0.3, 0.4) is 0 Å². The molecule has 0 amide bonds. The summed E-state index contributed by atoms with van der Waals surface area (Å²) in [5.74, 6) is 0. The van der Waals surface area contributed by atoms with E-state index in [4.69, 9.17) is 7.16 Å². The van der Waals surface area contributed by atoms with Crippen LogP contribution in [-0.2, 0) is 6.37 Å². The lowest BCUT2D eigenvalue weighted by Crippen LogP contribution is -2.34. The molecular weight excluding hydrogens is 423 g/mol. The van der Waals surface area contributed by atoms with Crippen LogP contribution in [0.5, 0.6) is 0 Å². The first-order valence-corrected chi connectivity index (χ1v) is 10.5. The number of fused-ring (bicyclic) bond motifs is 3. The van der Waals surface area contributed by atoms with E-state index in [0.717, 1.165) is 52.5 Å². The minimum Gasteiger partial charge on any atom is -0.455 e. The van der Waals surface area contributed by atoms with Gasteiger partial charge in [0, 0.05) is 25.3 Å². The van der Waals surface area contributed by atoms with Crippen molar-refractivity contribution in [2.75, 3.05) is 0 Å². The van der Waals surface area contributed by atoms with Crippen molar-refractivity contribution in [2.24, 2.45) is 5.41 Å². The van der Waals surface area contributed by atoms with E-state index < -0.39 is 18.0 Å². The van der Waals surface area contributed by atoms with Crippen molar-refractivity contribution in [3.05, 3.63) is 90.6 Å². The third-order valence-electron chi connectivity index (χ3n) is 5.82. The highest BCUT2D eigenvalue weighted by Crippen LogP contribution is 2.40. The Bertz CT molecular complexity index is 1540. The van der Waals surface area contributed by atoms with Crippen molar-refractivity contribution < 1.29 is 20.3 Å². The molecule has 0 N–H and O–H groups in total. The predicted molar refractivity (Wildman–Crippen MR) is 126 cm³/mol. The fraction of sp³-hybridized carbons (Fsp3) is 0.179. The number of alkyl halides is 3. The lowest BCUT2D eigenvalue weighted by molar-refractivity contribution is -0.211. The molecule has 2 nitrogen and oxygen atoms in total. The third kappa shape index (κ3) is 3.88. The van der Waals surface area contributed by atoms with Crippen molar-refractivity contribution in [1.82, 2.24) is 4.98 Å². The maximum Gasteiger partial charge on any atom is 0.394 e. The zero-order chi connectivity index (χ0) is 25.0. The predicted octanol–water partition coefficient (Wildman–Crippen LogP) is 8.45. The van der Waals surface area contributed by atoms with E-state index in [2.05, 4.69) is 4.98 Å². The minimum absolute atomic E-state index is 0.0232. The van der Waals surface area contributed by atoms with Gasteiger partial charge in [0.1, 0.15) is 11.2 Å². The number of pyridine rings is 1. The highest BCUT2D eigenvalue weighted by molar-refractivity contribution is 6.09. The van der Waals surface area contributed by atoms with E-state index in [9.17, 15) is 13.2 Å². The molecule has 5 rings (SSSR count). The second kappa shape index (κ2) is 7.77. The second-order valence-corrected chi connectivity index (χ2v) is 8.54. The highest BCUT2D eigenvalue weighted by atomic mass is 19.4. The minimum atomic E-state index is -4.69. The average molecular weight is 447 g/mol. The van der Waals surface area contributed by atoms with Crippen molar-refractivity contribution in [3.63, 3.8) is 0 Å². The molecule has 0 aliphatic rings. The largest absolute Gasteiger partial charge is 0.455 e. The second-order valence-electron chi connectivity index (χ2n) is 8.54. The Labute approximate surface area is 192 Å². The molecular formula is C28H22F3NO. The standard InChI is InChI=1S/C28H22F3NO/c1-27(2,28(29,30)31)17-18-10-12-19(13-11-18)20-14-15-32-24(16-20)23-8-5-7-22-21-6-3-4-9-25(21)33-26(22)23/h3-16H,17H2,1-2H3/i17D2. The topological polar surface area (TPSA) is 26.0 Å². The number of benzene rings is 3. The number of hydrogen-bond donors (Lipinski definition) is 0. The van der Waals surface area contributed by atoms with Crippen LogP contribution in [0.2, 0.25) is 0 Å². The first-order valence-electron chi connectivity index (χ1n) is 11.5. The SMILES string of the molecule is [2H]C([2H])(c1ccc(-c2ccnc(-c3cccc4c3oc3ccccc34)c2)cc1)C(C)(C)C(F)(F)F. The van der Waals surface area contributed by atoms with E-state index in [1.807, 2.05) is 54.6 Å². The molecule has 2 aromatic heterocycles. The molecule has 0 fully saturated rings. The molecule has 33 heavy (non-hydrogen) atoms. The van der Waals surface area contributed by atoms with Gasteiger partial charge in [-0.05, 0) is 47.3 Å². The van der Waals surface area contributed by atoms with E-state index in [-0.39, 0.29) is 5.56 Å². The van der Waals surface area contributed by atoms with Crippen LogP contribution in [0, 0.1) is 5.41 Å². The summed E-state index contributed by atoms with van der Waals surface area (Å²) in [5.41, 5.74) is 2.04. The number of rotatable bonds is 4. The van der Waals surface area contributed by atoms with Crippen LogP contribution in [0.25, 0.3) is 44.3 Å². The Kier molecular flexibility index (Phi) is 4.45. The van der Waals surface area contributed by atoms with Crippen LogP contribution >= 0.6 is 0 Å². The molecule has 3 aromatic carbocycles. The molecule has 0 bridgehead atoms. The Morgan fingerprint density at radius 3 is 2.33 bits per heavy atom. The number of para-hydroxylation sites is 2. The van der Waals surface area contributed by atoms with Crippen molar-refractivity contribution in [1.29, 1.82) is 0 Å². The molecule has 5 aromatic rings. The fourth-order valence-corrected chi connectivity index (χ4v) is 3.88. The number of aromatic nitrogens is 1. The molecule has 5 heteroatoms. The lowest BCUT2D eigenvalue weighted by Gasteiger charge is -2.27. The highest BCUT2D eigenvalue weighted by Gasteiger charge is 2.46. The molecule has 0 saturated heterocycles. The van der Waals surface area contributed by atoms with Gasteiger partial charge >= 0.3 is 6.18 Å². The summed E-state index contributed by atoms with van der Waals surface area (Å²) in [6.45, 7) is 1.77. The molecule has 0 spiro atoms. The summed E-state index contributed by atoms with van der Waals surface area (Å²) in [7, 11) is 0. The van der Waals surface area contributed by atoms with Crippen molar-refractivity contribution >= 4 is 21.9 Å². The van der Waals surface area contributed by atoms with Gasteiger partial charge in [0.15, 0.2) is 0 Å². The van der Waals surface area contributed by atoms with Crippen LogP contribution < -0.4 is 0 Å². The first kappa shape index (κ1) is 18.9. The van der Waals surface area contributed by atoms with Crippen molar-refractivity contribution in [2.45, 2.75) is 26.4 Å². The van der Waals surface area contributed by atoms with Gasteiger partial charge in [-0.2, -0.15) is 13.2 Å². The van der Waals surface area contributed by atoms with Gasteiger partial charge in [0.2, 0.25) is 0 Å². The summed E-state index contributed by atoms with van der Waals surface area (Å²) in [6.07, 6.45) is -5.61. The van der Waals surface area contributed by atoms with Crippen molar-refractivity contribution in [3.8, 4) is 22.4 Å². The van der Waals surface area contributed by atoms with Crippen LogP contribution in [-0.4, -0.2) is 11.2 Å². The molecule has 0 saturated carbocycles. The molecule has 166 valence electrons. The molecule has 0 aliphatic heterocycles. The van der Waals surface area contributed by atoms with Gasteiger partial charge < -0.3 is 4.42 Å². The summed E-state index contributed by atoms with van der Waals surface area (Å²) in [5, 5.41) is 2.01. The van der Waals surface area contributed by atoms with Gasteiger partial charge in [-0.15, -0.1) is 0 Å². The third-order valence-corrected chi connectivity index (χ3v) is 5.82. The smallest absolute Gasteiger partial charge is 0.394 e. The molecule has 0 unspecified atom stereocenters. The summed E-state index contributed by atoms with van der Waals surface area (Å²) >= 11 is 0. The fourth-order valence-electron chi connectivity index (χ4n) is 3.88. The quantitative estimate of drug-likeness (QED) is 0.276. The van der Waals surface area contributed by atoms with Gasteiger partial charge in [-0.3, -0.25) is 4.98 Å². The summed E-state index contributed by atoms with van der Waals surface area (Å²) in [4.78, 5) is 4.53. The Morgan fingerprint density at radius 1 is 0.848 bits per heavy atom. The maximum atomic E-state index is 13.5. The first-order chi connectivity index (χ1) is 16.5. The lowest BCUT2D eigenvalue weighted by atomic mass is 9.85. The number of halogens is 3. The molecule has 0 aliphatic carbocycles. The number of hydrogen-bond acceptors (Lipinski definition) is 2. The van der Waals surface area contributed by atoms with Crippen LogP contribution in [0.4, 0.5) is 13.2 Å². The Balaban J connectivity index is 1.53. The van der Waals surface area contributed by atoms with E-state index >= 15 is 0 Å². The number of furan rings is 1. The summed E-state index contributed by atoms with van der Waals surface area (Å²) in [6, 6.07) is 23.5. The summed E-state index contributed by atoms with van der Waals surface area (Å²) < 4.78 is 63.0. The van der Waals surface area contributed by atoms with Gasteiger partial charge in [-0.1, -0.05) is 68.4 Å². The Morgan fingerprint density at radius 2 is 1.58 bits per heavy atom. The van der Waals surface area contributed by atoms with Gasteiger partial charge in [0.25, 0.3) is 0 Å².